The minimum absolute atomic E-state index is 0.104. The van der Waals surface area contributed by atoms with E-state index in [9.17, 15) is 43.2 Å². The number of carbonyl (C=O) groups is 4. The van der Waals surface area contributed by atoms with Crippen LogP contribution in [0, 0.1) is 17.8 Å². The smallest absolute Gasteiger partial charge is 0.462 e. The van der Waals surface area contributed by atoms with Gasteiger partial charge in [0.15, 0.2) is 12.2 Å². The van der Waals surface area contributed by atoms with E-state index in [1.807, 2.05) is 0 Å². The van der Waals surface area contributed by atoms with Crippen molar-refractivity contribution in [2.75, 3.05) is 39.6 Å². The van der Waals surface area contributed by atoms with Crippen molar-refractivity contribution >= 4 is 39.5 Å². The van der Waals surface area contributed by atoms with Crippen molar-refractivity contribution in [3.05, 3.63) is 0 Å². The lowest BCUT2D eigenvalue weighted by Crippen LogP contribution is -2.30. The molecule has 0 heterocycles. The van der Waals surface area contributed by atoms with E-state index in [4.69, 9.17) is 37.0 Å². The molecule has 0 aromatic heterocycles. The molecule has 17 nitrogen and oxygen atoms in total. The number of aliphatic hydroxyl groups excluding tert-OH is 1. The Balaban J connectivity index is 5.23. The number of carbonyl (C=O) groups excluding carboxylic acids is 4. The average Bonchev–Trinajstić information content (AvgIpc) is 2.46. The summed E-state index contributed by atoms with van der Waals surface area (Å²) >= 11 is 0. The maximum Gasteiger partial charge on any atom is 0.472 e. The van der Waals surface area contributed by atoms with Crippen molar-refractivity contribution in [3.8, 4) is 0 Å². The van der Waals surface area contributed by atoms with Crippen LogP contribution in [0.3, 0.4) is 0 Å². The van der Waals surface area contributed by atoms with Crippen molar-refractivity contribution in [1.82, 2.24) is 0 Å². The van der Waals surface area contributed by atoms with Gasteiger partial charge in [-0.2, -0.15) is 0 Å². The van der Waals surface area contributed by atoms with Crippen LogP contribution in [0.5, 0.6) is 0 Å². The standard InChI is InChI=1S/C74H144O17P2/c1-8-9-10-11-12-13-14-15-16-17-18-19-20-23-29-34-43-50-57-73(78)90-69(61-84-71(76)55-48-41-33-28-24-21-22-26-31-38-45-52-65(2)3)63-88-92(80,81)86-59-68(75)60-87-93(82,83)89-64-70(62-85-72(77)56-49-42-37-36-40-47-54-67(6)7)91-74(79)58-51-44-35-30-25-27-32-39-46-53-66(4)5/h65-70,75H,8-64H2,1-7H3,(H,80,81)(H,82,83)/t68-,69-,70-/m1/s1. The highest BCUT2D eigenvalue weighted by molar-refractivity contribution is 7.47. The van der Waals surface area contributed by atoms with E-state index in [0.717, 1.165) is 108 Å². The first-order valence-electron chi connectivity index (χ1n) is 38.3. The summed E-state index contributed by atoms with van der Waals surface area (Å²) in [4.78, 5) is 72.7. The van der Waals surface area contributed by atoms with Gasteiger partial charge in [-0.3, -0.25) is 37.3 Å². The van der Waals surface area contributed by atoms with E-state index in [-0.39, 0.29) is 25.7 Å². The van der Waals surface area contributed by atoms with Crippen molar-refractivity contribution in [2.45, 2.75) is 394 Å². The fourth-order valence-electron chi connectivity index (χ4n) is 11.2. The van der Waals surface area contributed by atoms with Gasteiger partial charge in [0.05, 0.1) is 26.4 Å². The second kappa shape index (κ2) is 64.7. The van der Waals surface area contributed by atoms with E-state index >= 15 is 0 Å². The van der Waals surface area contributed by atoms with Gasteiger partial charge in [-0.15, -0.1) is 0 Å². The molecule has 0 rings (SSSR count). The molecule has 2 unspecified atom stereocenters. The Morgan fingerprint density at radius 3 is 0.731 bits per heavy atom. The Morgan fingerprint density at radius 2 is 0.495 bits per heavy atom. The molecule has 0 aromatic carbocycles. The molecular weight excluding hydrogens is 1220 g/mol. The first-order valence-corrected chi connectivity index (χ1v) is 41.3. The second-order valence-corrected chi connectivity index (χ2v) is 31.0. The number of rotatable bonds is 72. The number of phosphoric acid groups is 2. The van der Waals surface area contributed by atoms with Gasteiger partial charge >= 0.3 is 39.5 Å². The molecule has 19 heteroatoms. The third kappa shape index (κ3) is 68.4. The Hall–Kier alpha value is -1.94. The molecule has 0 saturated carbocycles. The van der Waals surface area contributed by atoms with Crippen LogP contribution in [0.1, 0.15) is 376 Å². The van der Waals surface area contributed by atoms with Crippen LogP contribution in [0.25, 0.3) is 0 Å². The zero-order valence-electron chi connectivity index (χ0n) is 60.7. The summed E-state index contributed by atoms with van der Waals surface area (Å²) in [5.74, 6) is 0.0638. The van der Waals surface area contributed by atoms with Crippen LogP contribution in [-0.4, -0.2) is 96.7 Å². The van der Waals surface area contributed by atoms with Crippen LogP contribution >= 0.6 is 15.6 Å². The lowest BCUT2D eigenvalue weighted by Gasteiger charge is -2.21. The minimum Gasteiger partial charge on any atom is -0.462 e. The van der Waals surface area contributed by atoms with Crippen molar-refractivity contribution in [2.24, 2.45) is 17.8 Å². The maximum absolute atomic E-state index is 13.1. The summed E-state index contributed by atoms with van der Waals surface area (Å²) in [7, 11) is -9.91. The van der Waals surface area contributed by atoms with E-state index in [1.165, 1.54) is 180 Å². The molecule has 3 N–H and O–H groups in total. The third-order valence-corrected chi connectivity index (χ3v) is 19.0. The molecule has 552 valence electrons. The Bertz CT molecular complexity index is 1820. The first-order chi connectivity index (χ1) is 44.7. The lowest BCUT2D eigenvalue weighted by atomic mass is 10.0. The summed E-state index contributed by atoms with van der Waals surface area (Å²) in [6, 6.07) is 0. The van der Waals surface area contributed by atoms with Gasteiger partial charge in [0, 0.05) is 25.7 Å². The molecule has 0 saturated heterocycles. The Kier molecular flexibility index (Phi) is 63.4. The van der Waals surface area contributed by atoms with Crippen LogP contribution in [0.15, 0.2) is 0 Å². The molecule has 5 atom stereocenters. The van der Waals surface area contributed by atoms with Gasteiger partial charge in [-0.05, 0) is 43.4 Å². The molecule has 0 aliphatic rings. The van der Waals surface area contributed by atoms with Crippen LogP contribution in [0.4, 0.5) is 0 Å². The number of aliphatic hydroxyl groups is 1. The molecule has 93 heavy (non-hydrogen) atoms. The number of hydrogen-bond donors (Lipinski definition) is 3. The first kappa shape index (κ1) is 91.1. The molecular formula is C74H144O17P2. The molecule has 0 radical (unpaired) electrons. The molecule has 0 aliphatic heterocycles. The van der Waals surface area contributed by atoms with E-state index < -0.39 is 97.5 Å². The number of hydrogen-bond acceptors (Lipinski definition) is 15. The fraction of sp³-hybridized carbons (Fsp3) is 0.946. The van der Waals surface area contributed by atoms with Crippen LogP contribution in [-0.2, 0) is 65.4 Å². The molecule has 0 aliphatic carbocycles. The van der Waals surface area contributed by atoms with E-state index in [1.54, 1.807) is 0 Å². The number of ether oxygens (including phenoxy) is 4. The SMILES string of the molecule is CCCCCCCCCCCCCCCCCCCCC(=O)O[C@H](COC(=O)CCCCCCCCCCCCCC(C)C)COP(=O)(O)OC[C@@H](O)COP(=O)(O)OC[C@@H](COC(=O)CCCCCCCCC(C)C)OC(=O)CCCCCCCCCCCC(C)C. The number of phosphoric ester groups is 2. The quantitative estimate of drug-likeness (QED) is 0.0222. The Morgan fingerprint density at radius 1 is 0.290 bits per heavy atom. The van der Waals surface area contributed by atoms with Gasteiger partial charge in [0.1, 0.15) is 19.3 Å². The second-order valence-electron chi connectivity index (χ2n) is 28.1. The maximum atomic E-state index is 13.1. The zero-order valence-corrected chi connectivity index (χ0v) is 62.5. The summed E-state index contributed by atoms with van der Waals surface area (Å²) in [6.07, 6.45) is 50.2. The topological polar surface area (TPSA) is 237 Å². The van der Waals surface area contributed by atoms with Crippen LogP contribution < -0.4 is 0 Å². The monoisotopic (exact) mass is 1370 g/mol. The van der Waals surface area contributed by atoms with Crippen molar-refractivity contribution < 1.29 is 80.2 Å². The highest BCUT2D eigenvalue weighted by Crippen LogP contribution is 2.45. The average molecular weight is 1370 g/mol. The molecule has 0 aromatic rings. The van der Waals surface area contributed by atoms with Crippen molar-refractivity contribution in [3.63, 3.8) is 0 Å². The summed E-state index contributed by atoms with van der Waals surface area (Å²) < 4.78 is 68.4. The van der Waals surface area contributed by atoms with Gasteiger partial charge in [0.25, 0.3) is 0 Å². The Labute approximate surface area is 568 Å². The van der Waals surface area contributed by atoms with Crippen molar-refractivity contribution in [1.29, 1.82) is 0 Å². The molecule has 0 bridgehead atoms. The van der Waals surface area contributed by atoms with E-state index in [2.05, 4.69) is 48.5 Å². The largest absolute Gasteiger partial charge is 0.472 e. The summed E-state index contributed by atoms with van der Waals surface area (Å²) in [5, 5.41) is 10.6. The molecule has 0 spiro atoms. The zero-order chi connectivity index (χ0) is 68.7. The minimum atomic E-state index is -4.96. The predicted molar refractivity (Wildman–Crippen MR) is 377 cm³/mol. The summed E-state index contributed by atoms with van der Waals surface area (Å²) in [5.41, 5.74) is 0. The van der Waals surface area contributed by atoms with Gasteiger partial charge < -0.3 is 33.8 Å². The van der Waals surface area contributed by atoms with Gasteiger partial charge in [-0.25, -0.2) is 9.13 Å². The normalized spacial score (nSPS) is 14.1. The van der Waals surface area contributed by atoms with E-state index in [0.29, 0.717) is 31.6 Å². The highest BCUT2D eigenvalue weighted by Gasteiger charge is 2.30. The molecule has 0 fully saturated rings. The molecule has 0 amide bonds. The van der Waals surface area contributed by atoms with Crippen LogP contribution in [0.2, 0.25) is 0 Å². The number of unbranched alkanes of at least 4 members (excludes halogenated alkanes) is 40. The lowest BCUT2D eigenvalue weighted by molar-refractivity contribution is -0.161. The third-order valence-electron chi connectivity index (χ3n) is 17.1. The highest BCUT2D eigenvalue weighted by atomic mass is 31.2. The summed E-state index contributed by atoms with van der Waals surface area (Å²) in [6.45, 7) is 11.8. The number of esters is 4. The van der Waals surface area contributed by atoms with Gasteiger partial charge in [0.2, 0.25) is 0 Å². The predicted octanol–water partition coefficient (Wildman–Crippen LogP) is 21.4. The van der Waals surface area contributed by atoms with Gasteiger partial charge in [-0.1, -0.05) is 325 Å². The fourth-order valence-corrected chi connectivity index (χ4v) is 12.8.